The predicted octanol–water partition coefficient (Wildman–Crippen LogP) is 4.84. The van der Waals surface area contributed by atoms with Gasteiger partial charge in [0, 0.05) is 17.1 Å². The van der Waals surface area contributed by atoms with Crippen molar-refractivity contribution < 1.29 is 4.92 Å². The van der Waals surface area contributed by atoms with Crippen LogP contribution in [-0.4, -0.2) is 9.91 Å². The van der Waals surface area contributed by atoms with Crippen LogP contribution in [0.1, 0.15) is 22.9 Å². The lowest BCUT2D eigenvalue weighted by molar-refractivity contribution is -0.384. The molecule has 0 saturated heterocycles. The van der Waals surface area contributed by atoms with E-state index in [2.05, 4.69) is 10.3 Å². The number of halogens is 2. The SMILES string of the molecule is Cc1cnc(C(C)Nc2cc(Cl)c(Cl)cc2[N+](=O)[O-])s1. The Morgan fingerprint density at radius 2 is 2.05 bits per heavy atom. The van der Waals surface area contributed by atoms with Gasteiger partial charge in [-0.3, -0.25) is 10.1 Å². The molecule has 0 bridgehead atoms. The van der Waals surface area contributed by atoms with Crippen LogP contribution in [0.2, 0.25) is 10.0 Å². The molecule has 0 aliphatic rings. The van der Waals surface area contributed by atoms with Crippen molar-refractivity contribution in [3.8, 4) is 0 Å². The molecule has 0 radical (unpaired) electrons. The third-order valence-corrected chi connectivity index (χ3v) is 4.43. The van der Waals surface area contributed by atoms with E-state index in [-0.39, 0.29) is 21.8 Å². The highest BCUT2D eigenvalue weighted by atomic mass is 35.5. The molecule has 1 aromatic heterocycles. The molecule has 0 saturated carbocycles. The molecule has 2 rings (SSSR count). The van der Waals surface area contributed by atoms with E-state index in [1.807, 2.05) is 13.8 Å². The summed E-state index contributed by atoms with van der Waals surface area (Å²) in [5.74, 6) is 0. The summed E-state index contributed by atoms with van der Waals surface area (Å²) < 4.78 is 0. The Kier molecular flexibility index (Phi) is 4.47. The van der Waals surface area contributed by atoms with Gasteiger partial charge in [0.25, 0.3) is 5.69 Å². The zero-order valence-corrected chi connectivity index (χ0v) is 13.0. The van der Waals surface area contributed by atoms with Gasteiger partial charge < -0.3 is 5.32 Å². The average molecular weight is 332 g/mol. The van der Waals surface area contributed by atoms with Gasteiger partial charge in [-0.05, 0) is 19.9 Å². The van der Waals surface area contributed by atoms with Crippen LogP contribution >= 0.6 is 34.5 Å². The molecule has 8 heteroatoms. The first-order valence-corrected chi connectivity index (χ1v) is 7.28. The first-order chi connectivity index (χ1) is 9.38. The van der Waals surface area contributed by atoms with E-state index in [0.29, 0.717) is 5.69 Å². The molecule has 106 valence electrons. The Labute approximate surface area is 129 Å². The molecule has 1 atom stereocenters. The fourth-order valence-electron chi connectivity index (χ4n) is 1.67. The minimum absolute atomic E-state index is 0.112. The molecule has 1 unspecified atom stereocenters. The molecule has 1 N–H and O–H groups in total. The lowest BCUT2D eigenvalue weighted by Crippen LogP contribution is -2.08. The summed E-state index contributed by atoms with van der Waals surface area (Å²) in [4.78, 5) is 15.9. The average Bonchev–Trinajstić information content (AvgIpc) is 2.80. The number of nitrogens with zero attached hydrogens (tertiary/aromatic N) is 2. The van der Waals surface area contributed by atoms with Gasteiger partial charge in [-0.1, -0.05) is 23.2 Å². The van der Waals surface area contributed by atoms with Gasteiger partial charge in [-0.2, -0.15) is 0 Å². The Balaban J connectivity index is 2.33. The van der Waals surface area contributed by atoms with Gasteiger partial charge in [0.1, 0.15) is 10.7 Å². The Morgan fingerprint density at radius 1 is 1.40 bits per heavy atom. The van der Waals surface area contributed by atoms with Crippen molar-refractivity contribution in [2.45, 2.75) is 19.9 Å². The first-order valence-electron chi connectivity index (χ1n) is 5.70. The largest absolute Gasteiger partial charge is 0.370 e. The molecular weight excluding hydrogens is 321 g/mol. The van der Waals surface area contributed by atoms with E-state index in [4.69, 9.17) is 23.2 Å². The smallest absolute Gasteiger partial charge is 0.293 e. The second-order valence-electron chi connectivity index (χ2n) is 4.22. The zero-order valence-electron chi connectivity index (χ0n) is 10.7. The highest BCUT2D eigenvalue weighted by Gasteiger charge is 2.20. The summed E-state index contributed by atoms with van der Waals surface area (Å²) in [5, 5.41) is 15.4. The maximum atomic E-state index is 11.1. The maximum absolute atomic E-state index is 11.1. The van der Waals surface area contributed by atoms with Crippen LogP contribution in [-0.2, 0) is 0 Å². The van der Waals surface area contributed by atoms with Gasteiger partial charge >= 0.3 is 0 Å². The summed E-state index contributed by atoms with van der Waals surface area (Å²) in [7, 11) is 0. The molecule has 0 spiro atoms. The van der Waals surface area contributed by atoms with Crippen molar-refractivity contribution in [1.29, 1.82) is 0 Å². The fraction of sp³-hybridized carbons (Fsp3) is 0.250. The second-order valence-corrected chi connectivity index (χ2v) is 6.30. The highest BCUT2D eigenvalue weighted by Crippen LogP contribution is 2.36. The lowest BCUT2D eigenvalue weighted by atomic mass is 10.2. The number of aryl methyl sites for hydroxylation is 1. The van der Waals surface area contributed by atoms with Crippen LogP contribution in [0.15, 0.2) is 18.3 Å². The van der Waals surface area contributed by atoms with E-state index in [9.17, 15) is 10.1 Å². The van der Waals surface area contributed by atoms with Gasteiger partial charge in [0.05, 0.1) is 21.0 Å². The summed E-state index contributed by atoms with van der Waals surface area (Å²) in [6, 6.07) is 2.54. The van der Waals surface area contributed by atoms with E-state index in [1.54, 1.807) is 6.20 Å². The number of thiazole rings is 1. The van der Waals surface area contributed by atoms with Crippen LogP contribution in [0.5, 0.6) is 0 Å². The van der Waals surface area contributed by atoms with Gasteiger partial charge in [-0.15, -0.1) is 11.3 Å². The van der Waals surface area contributed by atoms with E-state index in [0.717, 1.165) is 9.88 Å². The fourth-order valence-corrected chi connectivity index (χ4v) is 2.77. The van der Waals surface area contributed by atoms with Crippen molar-refractivity contribution in [2.75, 3.05) is 5.32 Å². The first kappa shape index (κ1) is 15.0. The van der Waals surface area contributed by atoms with Crippen LogP contribution in [0.3, 0.4) is 0 Å². The highest BCUT2D eigenvalue weighted by molar-refractivity contribution is 7.11. The molecule has 0 amide bonds. The van der Waals surface area contributed by atoms with Crippen molar-refractivity contribution >= 4 is 45.9 Å². The van der Waals surface area contributed by atoms with Crippen LogP contribution in [0.25, 0.3) is 0 Å². The minimum atomic E-state index is -0.496. The Morgan fingerprint density at radius 3 is 2.60 bits per heavy atom. The predicted molar refractivity (Wildman–Crippen MR) is 82.0 cm³/mol. The number of hydrogen-bond donors (Lipinski definition) is 1. The molecule has 0 fully saturated rings. The number of hydrogen-bond acceptors (Lipinski definition) is 5. The number of benzene rings is 1. The quantitative estimate of drug-likeness (QED) is 0.642. The summed E-state index contributed by atoms with van der Waals surface area (Å²) >= 11 is 13.3. The van der Waals surface area contributed by atoms with Gasteiger partial charge in [0.15, 0.2) is 0 Å². The molecule has 5 nitrogen and oxygen atoms in total. The molecule has 20 heavy (non-hydrogen) atoms. The van der Waals surface area contributed by atoms with Crippen molar-refractivity contribution in [2.24, 2.45) is 0 Å². The molecule has 1 heterocycles. The lowest BCUT2D eigenvalue weighted by Gasteiger charge is -2.13. The maximum Gasteiger partial charge on any atom is 0.293 e. The van der Waals surface area contributed by atoms with Gasteiger partial charge in [-0.25, -0.2) is 4.98 Å². The molecular formula is C12H11Cl2N3O2S. The van der Waals surface area contributed by atoms with Crippen LogP contribution in [0.4, 0.5) is 11.4 Å². The standard InChI is InChI=1S/C12H11Cl2N3O2S/c1-6-5-15-12(20-6)7(2)16-10-3-8(13)9(14)4-11(10)17(18)19/h3-5,7,16H,1-2H3. The second kappa shape index (κ2) is 5.95. The van der Waals surface area contributed by atoms with Crippen LogP contribution in [0, 0.1) is 17.0 Å². The van der Waals surface area contributed by atoms with E-state index < -0.39 is 4.92 Å². The summed E-state index contributed by atoms with van der Waals surface area (Å²) in [5.41, 5.74) is 0.212. The molecule has 2 aromatic rings. The third-order valence-electron chi connectivity index (χ3n) is 2.62. The Bertz CT molecular complexity index is 660. The van der Waals surface area contributed by atoms with Crippen molar-refractivity contribution in [3.63, 3.8) is 0 Å². The van der Waals surface area contributed by atoms with Gasteiger partial charge in [0.2, 0.25) is 0 Å². The monoisotopic (exact) mass is 331 g/mol. The molecule has 0 aliphatic heterocycles. The number of nitro groups is 1. The number of rotatable bonds is 4. The number of nitrogens with one attached hydrogen (secondary N) is 1. The van der Waals surface area contributed by atoms with Crippen molar-refractivity contribution in [3.05, 3.63) is 48.4 Å². The van der Waals surface area contributed by atoms with E-state index in [1.165, 1.54) is 23.5 Å². The number of anilines is 1. The number of aromatic nitrogens is 1. The normalized spacial score (nSPS) is 12.2. The van der Waals surface area contributed by atoms with Crippen LogP contribution < -0.4 is 5.32 Å². The molecule has 0 aliphatic carbocycles. The Hall–Kier alpha value is -1.37. The topological polar surface area (TPSA) is 68.1 Å². The minimum Gasteiger partial charge on any atom is -0.370 e. The van der Waals surface area contributed by atoms with Crippen molar-refractivity contribution in [1.82, 2.24) is 4.98 Å². The molecule has 1 aromatic carbocycles. The summed E-state index contributed by atoms with van der Waals surface area (Å²) in [6.45, 7) is 3.83. The summed E-state index contributed by atoms with van der Waals surface area (Å²) in [6.07, 6.45) is 1.77. The number of nitro benzene ring substituents is 1. The third kappa shape index (κ3) is 3.20. The van der Waals surface area contributed by atoms with E-state index >= 15 is 0 Å². The zero-order chi connectivity index (χ0) is 14.9.